The van der Waals surface area contributed by atoms with Crippen LogP contribution in [0.5, 0.6) is 0 Å². The fraction of sp³-hybridized carbons (Fsp3) is 0.545. The van der Waals surface area contributed by atoms with Crippen LogP contribution in [0.2, 0.25) is 0 Å². The third kappa shape index (κ3) is 3.85. The highest BCUT2D eigenvalue weighted by Gasteiger charge is 2.06. The molecule has 15 heavy (non-hydrogen) atoms. The molecule has 0 aromatic carbocycles. The predicted octanol–water partition coefficient (Wildman–Crippen LogP) is 1.46. The average molecular weight is 210 g/mol. The van der Waals surface area contributed by atoms with E-state index in [1.54, 1.807) is 20.4 Å². The molecule has 0 saturated carbocycles. The summed E-state index contributed by atoms with van der Waals surface area (Å²) in [6.07, 6.45) is 3.68. The number of aryl methyl sites for hydroxylation is 1. The lowest BCUT2D eigenvalue weighted by molar-refractivity contribution is 0.0365. The Hall–Kier alpha value is -1.13. The number of methoxy groups -OCH3 is 2. The molecule has 0 radical (unpaired) electrons. The van der Waals surface area contributed by atoms with E-state index in [-0.39, 0.29) is 6.10 Å². The Morgan fingerprint density at radius 1 is 1.47 bits per heavy atom. The summed E-state index contributed by atoms with van der Waals surface area (Å²) in [6, 6.07) is 1.95. The van der Waals surface area contributed by atoms with Gasteiger partial charge in [0.25, 0.3) is 0 Å². The van der Waals surface area contributed by atoms with E-state index < -0.39 is 0 Å². The molecule has 1 atom stereocenters. The molecular formula is C11H18N2O2. The monoisotopic (exact) mass is 210 g/mol. The van der Waals surface area contributed by atoms with E-state index >= 15 is 0 Å². The van der Waals surface area contributed by atoms with Crippen molar-refractivity contribution in [2.45, 2.75) is 13.0 Å². The maximum Gasteiger partial charge on any atom is 0.0976 e. The van der Waals surface area contributed by atoms with Crippen molar-refractivity contribution < 1.29 is 9.47 Å². The lowest BCUT2D eigenvalue weighted by atomic mass is 10.2. The molecular weight excluding hydrogens is 192 g/mol. The highest BCUT2D eigenvalue weighted by molar-refractivity contribution is 5.48. The number of hydrogen-bond donors (Lipinski definition) is 1. The number of aromatic nitrogens is 1. The van der Waals surface area contributed by atoms with Crippen molar-refractivity contribution in [3.8, 4) is 0 Å². The zero-order valence-electron chi connectivity index (χ0n) is 9.49. The minimum atomic E-state index is 0.0718. The van der Waals surface area contributed by atoms with Crippen molar-refractivity contribution in [3.05, 3.63) is 24.0 Å². The summed E-state index contributed by atoms with van der Waals surface area (Å²) in [7, 11) is 3.36. The van der Waals surface area contributed by atoms with Gasteiger partial charge in [-0.05, 0) is 18.6 Å². The van der Waals surface area contributed by atoms with Gasteiger partial charge in [0.15, 0.2) is 0 Å². The summed E-state index contributed by atoms with van der Waals surface area (Å²) >= 11 is 0. The molecule has 1 heterocycles. The first kappa shape index (κ1) is 11.9. The van der Waals surface area contributed by atoms with Gasteiger partial charge in [0.05, 0.1) is 12.7 Å². The van der Waals surface area contributed by atoms with Gasteiger partial charge in [0.2, 0.25) is 0 Å². The van der Waals surface area contributed by atoms with Crippen molar-refractivity contribution in [2.75, 3.05) is 32.7 Å². The van der Waals surface area contributed by atoms with E-state index in [9.17, 15) is 0 Å². The number of pyridine rings is 1. The van der Waals surface area contributed by atoms with E-state index in [1.807, 2.05) is 19.2 Å². The molecule has 0 saturated heterocycles. The predicted molar refractivity (Wildman–Crippen MR) is 60.1 cm³/mol. The van der Waals surface area contributed by atoms with Crippen LogP contribution in [0.15, 0.2) is 18.5 Å². The highest BCUT2D eigenvalue weighted by Crippen LogP contribution is 2.11. The van der Waals surface area contributed by atoms with Gasteiger partial charge in [-0.3, -0.25) is 4.98 Å². The van der Waals surface area contributed by atoms with E-state index in [2.05, 4.69) is 10.3 Å². The van der Waals surface area contributed by atoms with Gasteiger partial charge in [-0.2, -0.15) is 0 Å². The molecule has 0 aliphatic heterocycles. The van der Waals surface area contributed by atoms with E-state index in [4.69, 9.17) is 9.47 Å². The normalized spacial score (nSPS) is 12.5. The molecule has 0 amide bonds. The third-order valence-electron chi connectivity index (χ3n) is 2.23. The van der Waals surface area contributed by atoms with E-state index in [0.717, 1.165) is 17.8 Å². The summed E-state index contributed by atoms with van der Waals surface area (Å²) in [5.74, 6) is 0. The summed E-state index contributed by atoms with van der Waals surface area (Å²) in [5, 5.41) is 3.30. The quantitative estimate of drug-likeness (QED) is 0.772. The van der Waals surface area contributed by atoms with Crippen molar-refractivity contribution in [2.24, 2.45) is 0 Å². The van der Waals surface area contributed by atoms with Crippen LogP contribution in [0.3, 0.4) is 0 Å². The van der Waals surface area contributed by atoms with Crippen LogP contribution in [0.4, 0.5) is 5.69 Å². The van der Waals surface area contributed by atoms with Crippen LogP contribution in [0, 0.1) is 6.92 Å². The fourth-order valence-corrected chi connectivity index (χ4v) is 1.29. The zero-order chi connectivity index (χ0) is 11.1. The number of rotatable bonds is 6. The van der Waals surface area contributed by atoms with Crippen molar-refractivity contribution >= 4 is 5.69 Å². The van der Waals surface area contributed by atoms with Crippen LogP contribution >= 0.6 is 0 Å². The lowest BCUT2D eigenvalue weighted by Gasteiger charge is -2.16. The first-order chi connectivity index (χ1) is 7.27. The summed E-state index contributed by atoms with van der Waals surface area (Å²) < 4.78 is 10.3. The molecule has 4 nitrogen and oxygen atoms in total. The van der Waals surface area contributed by atoms with Crippen molar-refractivity contribution in [3.63, 3.8) is 0 Å². The number of nitrogens with one attached hydrogen (secondary N) is 1. The second kappa shape index (κ2) is 6.37. The Balaban J connectivity index is 2.45. The Morgan fingerprint density at radius 3 is 2.87 bits per heavy atom. The van der Waals surface area contributed by atoms with Crippen molar-refractivity contribution in [1.29, 1.82) is 0 Å². The second-order valence-corrected chi connectivity index (χ2v) is 3.38. The molecule has 1 aromatic heterocycles. The number of anilines is 1. The smallest absolute Gasteiger partial charge is 0.0976 e. The number of nitrogens with zero attached hydrogens (tertiary/aromatic N) is 1. The molecule has 0 fully saturated rings. The Morgan fingerprint density at radius 2 is 2.27 bits per heavy atom. The largest absolute Gasteiger partial charge is 0.382 e. The molecule has 0 aliphatic carbocycles. The van der Waals surface area contributed by atoms with E-state index in [0.29, 0.717) is 6.61 Å². The molecule has 1 N–H and O–H groups in total. The van der Waals surface area contributed by atoms with Gasteiger partial charge in [-0.15, -0.1) is 0 Å². The molecule has 1 unspecified atom stereocenters. The summed E-state index contributed by atoms with van der Waals surface area (Å²) in [5.41, 5.74) is 2.22. The molecule has 4 heteroatoms. The van der Waals surface area contributed by atoms with Crippen LogP contribution in [-0.2, 0) is 9.47 Å². The lowest BCUT2D eigenvalue weighted by Crippen LogP contribution is -2.26. The first-order valence-corrected chi connectivity index (χ1v) is 4.94. The van der Waals surface area contributed by atoms with Crippen LogP contribution in [0.1, 0.15) is 5.56 Å². The van der Waals surface area contributed by atoms with E-state index in [1.165, 1.54) is 0 Å². The van der Waals surface area contributed by atoms with Crippen LogP contribution < -0.4 is 5.32 Å². The maximum absolute atomic E-state index is 5.25. The molecule has 1 aromatic rings. The highest BCUT2D eigenvalue weighted by atomic mass is 16.5. The molecule has 84 valence electrons. The zero-order valence-corrected chi connectivity index (χ0v) is 9.49. The van der Waals surface area contributed by atoms with Gasteiger partial charge in [0, 0.05) is 38.8 Å². The topological polar surface area (TPSA) is 43.4 Å². The van der Waals surface area contributed by atoms with Gasteiger partial charge in [-0.25, -0.2) is 0 Å². The Bertz CT molecular complexity index is 292. The van der Waals surface area contributed by atoms with Gasteiger partial charge in [-0.1, -0.05) is 0 Å². The van der Waals surface area contributed by atoms with Crippen LogP contribution in [0.25, 0.3) is 0 Å². The van der Waals surface area contributed by atoms with Gasteiger partial charge >= 0.3 is 0 Å². The molecule has 0 spiro atoms. The number of ether oxygens (including phenoxy) is 2. The fourth-order valence-electron chi connectivity index (χ4n) is 1.29. The standard InChI is InChI=1S/C11H18N2O2/c1-9-6-12-5-4-11(9)13-7-10(15-3)8-14-2/h4-6,10H,7-8H2,1-3H3,(H,12,13). The SMILES string of the molecule is COCC(CNc1ccncc1C)OC. The summed E-state index contributed by atoms with van der Waals surface area (Å²) in [6.45, 7) is 3.34. The minimum Gasteiger partial charge on any atom is -0.382 e. The molecule has 0 aliphatic rings. The molecule has 1 rings (SSSR count). The molecule has 0 bridgehead atoms. The second-order valence-electron chi connectivity index (χ2n) is 3.38. The Kier molecular flexibility index (Phi) is 5.07. The summed E-state index contributed by atoms with van der Waals surface area (Å²) in [4.78, 5) is 4.03. The van der Waals surface area contributed by atoms with Gasteiger partial charge < -0.3 is 14.8 Å². The first-order valence-electron chi connectivity index (χ1n) is 4.94. The van der Waals surface area contributed by atoms with Crippen LogP contribution in [-0.4, -0.2) is 38.5 Å². The minimum absolute atomic E-state index is 0.0718. The average Bonchev–Trinajstić information content (AvgIpc) is 2.26. The van der Waals surface area contributed by atoms with Gasteiger partial charge in [0.1, 0.15) is 0 Å². The Labute approximate surface area is 90.6 Å². The maximum atomic E-state index is 5.25. The number of hydrogen-bond acceptors (Lipinski definition) is 4. The van der Waals surface area contributed by atoms with Crippen molar-refractivity contribution in [1.82, 2.24) is 4.98 Å². The third-order valence-corrected chi connectivity index (χ3v) is 2.23.